The fourth-order valence-electron chi connectivity index (χ4n) is 1.77. The Labute approximate surface area is 128 Å². The first-order chi connectivity index (χ1) is 10.1. The molecule has 0 heterocycles. The van der Waals surface area contributed by atoms with E-state index in [9.17, 15) is 4.79 Å². The van der Waals surface area contributed by atoms with Gasteiger partial charge in [-0.05, 0) is 35.9 Å². The molecular formula is C16H15ClO4. The van der Waals surface area contributed by atoms with Gasteiger partial charge < -0.3 is 14.2 Å². The van der Waals surface area contributed by atoms with Crippen LogP contribution in [0.2, 0.25) is 5.02 Å². The minimum Gasteiger partial charge on any atom is -0.493 e. The molecule has 0 atom stereocenters. The second kappa shape index (κ2) is 6.99. The van der Waals surface area contributed by atoms with E-state index in [-0.39, 0.29) is 0 Å². The van der Waals surface area contributed by atoms with Crippen molar-refractivity contribution < 1.29 is 19.0 Å². The van der Waals surface area contributed by atoms with Gasteiger partial charge in [-0.3, -0.25) is 0 Å². The standard InChI is InChI=1S/C16H15ClO4/c1-19-15-9-12(16(18)20-2)5-8-14(15)21-10-11-3-6-13(17)7-4-11/h3-9H,10H2,1-2H3. The highest BCUT2D eigenvalue weighted by Gasteiger charge is 2.11. The molecule has 0 aliphatic carbocycles. The maximum absolute atomic E-state index is 11.5. The molecule has 0 aromatic heterocycles. The van der Waals surface area contributed by atoms with Crippen LogP contribution in [0, 0.1) is 0 Å². The normalized spacial score (nSPS) is 10.0. The molecule has 0 bridgehead atoms. The van der Waals surface area contributed by atoms with Crippen LogP contribution in [-0.4, -0.2) is 20.2 Å². The molecule has 0 saturated carbocycles. The van der Waals surface area contributed by atoms with E-state index in [4.69, 9.17) is 21.1 Å². The molecular weight excluding hydrogens is 292 g/mol. The van der Waals surface area contributed by atoms with Crippen molar-refractivity contribution in [1.29, 1.82) is 0 Å². The van der Waals surface area contributed by atoms with Crippen LogP contribution in [0.1, 0.15) is 15.9 Å². The molecule has 0 saturated heterocycles. The van der Waals surface area contributed by atoms with Crippen LogP contribution in [0.3, 0.4) is 0 Å². The summed E-state index contributed by atoms with van der Waals surface area (Å²) in [4.78, 5) is 11.5. The summed E-state index contributed by atoms with van der Waals surface area (Å²) in [6, 6.07) is 12.3. The van der Waals surface area contributed by atoms with Crippen molar-refractivity contribution >= 4 is 17.6 Å². The van der Waals surface area contributed by atoms with E-state index in [2.05, 4.69) is 4.74 Å². The Morgan fingerprint density at radius 1 is 1.05 bits per heavy atom. The zero-order valence-corrected chi connectivity index (χ0v) is 12.5. The lowest BCUT2D eigenvalue weighted by atomic mass is 10.2. The Bertz CT molecular complexity index is 623. The molecule has 0 amide bonds. The van der Waals surface area contributed by atoms with Crippen molar-refractivity contribution in [3.05, 3.63) is 58.6 Å². The highest BCUT2D eigenvalue weighted by molar-refractivity contribution is 6.30. The smallest absolute Gasteiger partial charge is 0.337 e. The van der Waals surface area contributed by atoms with Crippen molar-refractivity contribution in [2.75, 3.05) is 14.2 Å². The van der Waals surface area contributed by atoms with Gasteiger partial charge in [-0.2, -0.15) is 0 Å². The van der Waals surface area contributed by atoms with Crippen LogP contribution in [0.4, 0.5) is 0 Å². The van der Waals surface area contributed by atoms with E-state index >= 15 is 0 Å². The summed E-state index contributed by atoms with van der Waals surface area (Å²) in [6.07, 6.45) is 0. The van der Waals surface area contributed by atoms with Crippen molar-refractivity contribution in [1.82, 2.24) is 0 Å². The van der Waals surface area contributed by atoms with Crippen molar-refractivity contribution in [3.63, 3.8) is 0 Å². The first-order valence-electron chi connectivity index (χ1n) is 6.27. The lowest BCUT2D eigenvalue weighted by molar-refractivity contribution is 0.0600. The van der Waals surface area contributed by atoms with Gasteiger partial charge in [0.15, 0.2) is 11.5 Å². The maximum Gasteiger partial charge on any atom is 0.337 e. The van der Waals surface area contributed by atoms with Crippen LogP contribution in [0.15, 0.2) is 42.5 Å². The number of carbonyl (C=O) groups excluding carboxylic acids is 1. The van der Waals surface area contributed by atoms with Crippen molar-refractivity contribution in [3.8, 4) is 11.5 Å². The zero-order chi connectivity index (χ0) is 15.2. The minimum absolute atomic E-state index is 0.380. The molecule has 21 heavy (non-hydrogen) atoms. The Kier molecular flexibility index (Phi) is 5.06. The molecule has 110 valence electrons. The van der Waals surface area contributed by atoms with Gasteiger partial charge >= 0.3 is 5.97 Å². The monoisotopic (exact) mass is 306 g/mol. The topological polar surface area (TPSA) is 44.8 Å². The second-order valence-electron chi connectivity index (χ2n) is 4.27. The van der Waals surface area contributed by atoms with E-state index in [1.807, 2.05) is 12.1 Å². The third kappa shape index (κ3) is 3.89. The summed E-state index contributed by atoms with van der Waals surface area (Å²) in [5.41, 5.74) is 1.40. The van der Waals surface area contributed by atoms with Crippen molar-refractivity contribution in [2.24, 2.45) is 0 Å². The van der Waals surface area contributed by atoms with Gasteiger partial charge in [0.1, 0.15) is 6.61 Å². The van der Waals surface area contributed by atoms with E-state index in [1.54, 1.807) is 30.3 Å². The largest absolute Gasteiger partial charge is 0.493 e. The van der Waals surface area contributed by atoms with Gasteiger partial charge in [-0.15, -0.1) is 0 Å². The van der Waals surface area contributed by atoms with Crippen LogP contribution in [-0.2, 0) is 11.3 Å². The average Bonchev–Trinajstić information content (AvgIpc) is 2.53. The summed E-state index contributed by atoms with van der Waals surface area (Å²) >= 11 is 5.83. The lowest BCUT2D eigenvalue weighted by Crippen LogP contribution is -2.03. The van der Waals surface area contributed by atoms with Gasteiger partial charge in [0, 0.05) is 5.02 Å². The Morgan fingerprint density at radius 2 is 1.76 bits per heavy atom. The molecule has 2 rings (SSSR count). The highest BCUT2D eigenvalue weighted by Crippen LogP contribution is 2.29. The molecule has 0 aliphatic heterocycles. The molecule has 2 aromatic carbocycles. The van der Waals surface area contributed by atoms with E-state index in [0.717, 1.165) is 5.56 Å². The Morgan fingerprint density at radius 3 is 2.38 bits per heavy atom. The maximum atomic E-state index is 11.5. The number of hydrogen-bond donors (Lipinski definition) is 0. The van der Waals surface area contributed by atoms with Crippen LogP contribution in [0.25, 0.3) is 0 Å². The van der Waals surface area contributed by atoms with Crippen LogP contribution < -0.4 is 9.47 Å². The SMILES string of the molecule is COC(=O)c1ccc(OCc2ccc(Cl)cc2)c(OC)c1. The fraction of sp³-hybridized carbons (Fsp3) is 0.188. The molecule has 0 aliphatic rings. The lowest BCUT2D eigenvalue weighted by Gasteiger charge is -2.11. The summed E-state index contributed by atoms with van der Waals surface area (Å²) in [6.45, 7) is 0.380. The molecule has 0 spiro atoms. The van der Waals surface area contributed by atoms with Gasteiger partial charge in [0.05, 0.1) is 19.8 Å². The number of methoxy groups -OCH3 is 2. The molecule has 0 radical (unpaired) electrons. The number of rotatable bonds is 5. The van der Waals surface area contributed by atoms with Crippen LogP contribution in [0.5, 0.6) is 11.5 Å². The Balaban J connectivity index is 2.12. The minimum atomic E-state index is -0.419. The van der Waals surface area contributed by atoms with Crippen molar-refractivity contribution in [2.45, 2.75) is 6.61 Å². The summed E-state index contributed by atoms with van der Waals surface area (Å²) in [5.74, 6) is 0.615. The summed E-state index contributed by atoms with van der Waals surface area (Å²) in [7, 11) is 2.85. The number of hydrogen-bond acceptors (Lipinski definition) is 4. The quantitative estimate of drug-likeness (QED) is 0.790. The average molecular weight is 307 g/mol. The first kappa shape index (κ1) is 15.2. The fourth-order valence-corrected chi connectivity index (χ4v) is 1.90. The van der Waals surface area contributed by atoms with Gasteiger partial charge in [0.25, 0.3) is 0 Å². The van der Waals surface area contributed by atoms with Crippen LogP contribution >= 0.6 is 11.6 Å². The number of esters is 1. The summed E-state index contributed by atoms with van der Waals surface area (Å²) in [5, 5.41) is 0.679. The number of carbonyl (C=O) groups is 1. The molecule has 5 heteroatoms. The van der Waals surface area contributed by atoms with E-state index in [0.29, 0.717) is 28.7 Å². The highest BCUT2D eigenvalue weighted by atomic mass is 35.5. The predicted octanol–water partition coefficient (Wildman–Crippen LogP) is 3.71. The van der Waals surface area contributed by atoms with E-state index in [1.165, 1.54) is 14.2 Å². The molecule has 0 N–H and O–H groups in total. The van der Waals surface area contributed by atoms with Gasteiger partial charge in [-0.1, -0.05) is 23.7 Å². The molecule has 2 aromatic rings. The van der Waals surface area contributed by atoms with Gasteiger partial charge in [0.2, 0.25) is 0 Å². The molecule has 4 nitrogen and oxygen atoms in total. The predicted molar refractivity (Wildman–Crippen MR) is 80.1 cm³/mol. The summed E-state index contributed by atoms with van der Waals surface area (Å²) < 4.78 is 15.6. The number of halogens is 1. The third-order valence-corrected chi connectivity index (χ3v) is 3.14. The Hall–Kier alpha value is -2.20. The first-order valence-corrected chi connectivity index (χ1v) is 6.65. The zero-order valence-electron chi connectivity index (χ0n) is 11.8. The van der Waals surface area contributed by atoms with Gasteiger partial charge in [-0.25, -0.2) is 4.79 Å². The number of ether oxygens (including phenoxy) is 3. The second-order valence-corrected chi connectivity index (χ2v) is 4.71. The molecule has 0 fully saturated rings. The number of benzene rings is 2. The molecule has 0 unspecified atom stereocenters. The third-order valence-electron chi connectivity index (χ3n) is 2.89. The van der Waals surface area contributed by atoms with E-state index < -0.39 is 5.97 Å².